The van der Waals surface area contributed by atoms with Gasteiger partial charge in [-0.15, -0.1) is 0 Å². The maximum atomic E-state index is 14.7. The van der Waals surface area contributed by atoms with Gasteiger partial charge in [-0.25, -0.2) is 47.2 Å². The number of nitrogens with zero attached hydrogens (tertiary/aromatic N) is 4. The Balaban J connectivity index is 0.000000230. The molecule has 5 N–H and O–H groups in total. The molecule has 0 bridgehead atoms. The molecule has 2 amide bonds. The molecule has 0 unspecified atom stereocenters. The van der Waals surface area contributed by atoms with Gasteiger partial charge in [0.2, 0.25) is 21.8 Å². The summed E-state index contributed by atoms with van der Waals surface area (Å²) in [7, 11) is -10.1. The van der Waals surface area contributed by atoms with Crippen molar-refractivity contribution in [1.29, 1.82) is 0 Å². The molecular weight excluding hydrogens is 1990 g/mol. The summed E-state index contributed by atoms with van der Waals surface area (Å²) < 4.78 is 195. The van der Waals surface area contributed by atoms with E-state index in [9.17, 15) is 61.1 Å². The van der Waals surface area contributed by atoms with Crippen molar-refractivity contribution >= 4 is 118 Å². The minimum Gasteiger partial charge on any atom is -0.744 e. The second-order valence-electron chi connectivity index (χ2n) is 34.5. The molecule has 776 valence electrons. The number of nitrogens with one attached hydrogen (secondary N) is 3. The Labute approximate surface area is 890 Å². The fourth-order valence-corrected chi connectivity index (χ4v) is 21.1. The van der Waals surface area contributed by atoms with E-state index in [1.807, 2.05) is 166 Å². The number of hydrogen-bond acceptors (Lipinski definition) is 23. The summed E-state index contributed by atoms with van der Waals surface area (Å²) in [6, 6.07) is 67.5. The van der Waals surface area contributed by atoms with E-state index in [2.05, 4.69) is 66.7 Å². The maximum Gasteiger partial charge on any atom is 0.261 e. The van der Waals surface area contributed by atoms with E-state index < -0.39 is 65.6 Å². The third-order valence-corrected chi connectivity index (χ3v) is 29.9. The Hall–Kier alpha value is -11.9. The Kier molecular flexibility index (Phi) is 41.6. The van der Waals surface area contributed by atoms with E-state index in [4.69, 9.17) is 44.8 Å². The summed E-state index contributed by atoms with van der Waals surface area (Å²) in [6.45, 7) is 24.9. The van der Waals surface area contributed by atoms with Crippen LogP contribution in [-0.2, 0) is 62.0 Å². The van der Waals surface area contributed by atoms with Crippen molar-refractivity contribution < 1.29 is 127 Å². The van der Waals surface area contributed by atoms with E-state index in [-0.39, 0.29) is 90.9 Å². The molecule has 146 heavy (non-hydrogen) atoms. The number of rotatable bonds is 44. The topological polar surface area (TPSA) is 347 Å². The Morgan fingerprint density at radius 3 is 1.16 bits per heavy atom. The van der Waals surface area contributed by atoms with Gasteiger partial charge >= 0.3 is 0 Å². The number of sulfonamides is 1. The third kappa shape index (κ3) is 29.4. The molecule has 26 nitrogen and oxygen atoms in total. The van der Waals surface area contributed by atoms with Gasteiger partial charge in [0.05, 0.1) is 58.3 Å². The van der Waals surface area contributed by atoms with E-state index in [0.29, 0.717) is 122 Å². The summed E-state index contributed by atoms with van der Waals surface area (Å²) >= 11 is 0. The van der Waals surface area contributed by atoms with Crippen LogP contribution in [0.2, 0.25) is 0 Å². The average Bonchev–Trinajstić information content (AvgIpc) is 0.736. The molecule has 0 saturated carbocycles. The molecule has 34 heteroatoms. The van der Waals surface area contributed by atoms with Crippen LogP contribution in [0.4, 0.5) is 42.9 Å². The maximum absolute atomic E-state index is 14.7. The van der Waals surface area contributed by atoms with Crippen molar-refractivity contribution in [3.05, 3.63) is 309 Å². The zero-order valence-electron chi connectivity index (χ0n) is 84.0. The van der Waals surface area contributed by atoms with Crippen LogP contribution < -0.4 is 90.0 Å². The monoisotopic (exact) mass is 2110 g/mol. The van der Waals surface area contributed by atoms with Gasteiger partial charge < -0.3 is 73.5 Å². The van der Waals surface area contributed by atoms with Crippen molar-refractivity contribution in [3.8, 4) is 57.5 Å². The van der Waals surface area contributed by atoms with Crippen LogP contribution in [-0.4, -0.2) is 121 Å². The van der Waals surface area contributed by atoms with Crippen LogP contribution in [0.25, 0.3) is 22.3 Å². The molecule has 0 fully saturated rings. The minimum atomic E-state index is -5.20. The molecule has 0 saturated heterocycles. The van der Waals surface area contributed by atoms with Gasteiger partial charge in [0.25, 0.3) is 9.05 Å². The fourth-order valence-electron chi connectivity index (χ4n) is 17.7. The first-order valence-corrected chi connectivity index (χ1v) is 55.3. The van der Waals surface area contributed by atoms with Gasteiger partial charge in [-0.3, -0.25) is 9.59 Å². The average molecular weight is 2110 g/mol. The molecule has 2 aliphatic heterocycles. The fraction of sp³-hybridized carbons (Fsp3) is 0.304. The Morgan fingerprint density at radius 1 is 0.411 bits per heavy atom. The molecule has 0 radical (unpaired) electrons. The van der Waals surface area contributed by atoms with Crippen LogP contribution in [0.5, 0.6) is 57.5 Å². The van der Waals surface area contributed by atoms with Crippen molar-refractivity contribution in [2.45, 2.75) is 179 Å². The van der Waals surface area contributed by atoms with Crippen LogP contribution >= 0.6 is 10.7 Å². The number of anilines is 6. The first-order chi connectivity index (χ1) is 69.5. The number of methoxy groups -OCH3 is 2. The van der Waals surface area contributed by atoms with Crippen molar-refractivity contribution in [3.63, 3.8) is 0 Å². The van der Waals surface area contributed by atoms with Gasteiger partial charge in [-0.2, -0.15) is 0 Å². The minimum absolute atomic E-state index is 0. The van der Waals surface area contributed by atoms with Gasteiger partial charge in [-0.05, 0) is 265 Å². The van der Waals surface area contributed by atoms with Crippen molar-refractivity contribution in [2.24, 2.45) is 5.73 Å². The number of benzene rings is 12. The van der Waals surface area contributed by atoms with Gasteiger partial charge in [-0.1, -0.05) is 125 Å². The van der Waals surface area contributed by atoms with Crippen LogP contribution in [0, 0.1) is 49.4 Å². The van der Waals surface area contributed by atoms with E-state index in [1.165, 1.54) is 89.4 Å². The zero-order valence-corrected chi connectivity index (χ0v) is 88.7. The molecule has 12 aromatic carbocycles. The Bertz CT molecular complexity index is 7410. The summed E-state index contributed by atoms with van der Waals surface area (Å²) in [6.07, 6.45) is 10.3. The van der Waals surface area contributed by atoms with Gasteiger partial charge in [0.1, 0.15) is 77.9 Å². The third-order valence-electron chi connectivity index (χ3n) is 25.3. The number of ether oxygens (including phenoxy) is 6. The van der Waals surface area contributed by atoms with E-state index in [1.54, 1.807) is 38.5 Å². The predicted octanol–water partition coefficient (Wildman–Crippen LogP) is 21.0. The number of halogens is 3. The SMILES string of the molecule is CCC(CC)=c1ccc2c(c1)Oc1cc(N(CC)CC)ccc1C=2c1ccc(S(=O)(=O)Cl)cc1S(=O)(=O)[O-].CCC(CC)=c1ccc2c(c1)Oc1cc(N(CC)CC)ccc1C=2c1ccc(S(=O)(=O)NCCCCCCNc2ccc(OC)cc2CN(C(C)=O)c2cc(F)ccc2Oc2ccccc2)cc1S(=O)(=O)[O-].COc1ccc(NCCCCCCN)c(CN(C(C)=O)c2cc(F)ccc2Oc2ccccc2)c1.[Ar]. The second kappa shape index (κ2) is 53.1. The van der Waals surface area contributed by atoms with Crippen molar-refractivity contribution in [1.82, 2.24) is 4.72 Å². The number of hydrogen-bond donors (Lipinski definition) is 4. The van der Waals surface area contributed by atoms with Crippen LogP contribution in [0.1, 0.15) is 180 Å². The summed E-state index contributed by atoms with van der Waals surface area (Å²) in [4.78, 5) is 31.1. The zero-order chi connectivity index (χ0) is 104. The number of carbonyl (C=O) groups is 2. The number of carbonyl (C=O) groups excluding carboxylic acids is 2. The number of amides is 2. The number of nitrogens with two attached hydrogens (primary N) is 1. The molecule has 0 aromatic heterocycles. The molecule has 0 aliphatic carbocycles. The van der Waals surface area contributed by atoms with Crippen molar-refractivity contribution in [2.75, 3.05) is 96.8 Å². The predicted molar refractivity (Wildman–Crippen MR) is 568 cm³/mol. The van der Waals surface area contributed by atoms with Crippen LogP contribution in [0.15, 0.2) is 262 Å². The van der Waals surface area contributed by atoms with E-state index in [0.717, 1.165) is 153 Å². The largest absolute Gasteiger partial charge is 0.744 e. The van der Waals surface area contributed by atoms with E-state index >= 15 is 0 Å². The molecule has 0 spiro atoms. The molecule has 12 aromatic rings. The summed E-state index contributed by atoms with van der Waals surface area (Å²) in [5, 5.41) is 10.1. The normalized spacial score (nSPS) is 11.9. The smallest absolute Gasteiger partial charge is 0.261 e. The van der Waals surface area contributed by atoms with Gasteiger partial charge in [0.15, 0.2) is 11.5 Å². The second-order valence-corrected chi connectivity index (χ2v) is 41.6. The summed E-state index contributed by atoms with van der Waals surface area (Å²) in [5.41, 5.74) is 16.0. The molecule has 0 atom stereocenters. The molecule has 2 heterocycles. The number of para-hydroxylation sites is 2. The quantitative estimate of drug-likeness (QED) is 0.0156. The standard InChI is InChI=1S/C56H63FN4O9S2.C28H30ClNO6S2.C28H34FN3O3.Ar/c1-7-39(8-2)40-20-25-47-53(33-40)70-54-35-43(60(9-3)10-4)22-26-48(54)56(47)49-27-24-46(36-55(49)72(65,66)67)71(63,64)59-31-17-12-11-16-30-58-50-28-23-45(68-6)32-41(50)37-61(38(5)62)51-34-42(57)21-29-52(51)69-44-18-14-13-15-19-44;1-5-18(6-2)19-9-12-22-25(15-19)36-26-16-20(30(7-3)8-4)10-13-23(26)28(22)24-14-11-21(37(29,31)32)17-27(24)38(33,34)35;1-21(33)32(27-19-23(29)12-15-28(27)35-24-10-6-5-7-11-24)20-22-18-25(34-2)13-14-26(22)31-17-9-4-3-8-16-30;/h13-15,18-29,32-36,58-59H,7-12,16-17,30-31,37H2,1-6H3,(H,65,66,67);9-17H,5-8H2,1-4H3,(H,33,34,35);5-7,10-15,18-19,31H,3-4,8-9,16-17,20,30H2,1-2H3;/p-2. The number of fused-ring (bicyclic) bond motifs is 4. The summed E-state index contributed by atoms with van der Waals surface area (Å²) in [5.74, 6) is 3.58. The van der Waals surface area contributed by atoms with Gasteiger partial charge in [0, 0.05) is 199 Å². The first kappa shape index (κ1) is 114. The first-order valence-electron chi connectivity index (χ1n) is 48.7. The number of unbranched alkanes of at least 4 members (excludes halogenated alkanes) is 6. The molecular formula is C112H125ArClF2N8O18S4-2. The molecule has 2 aliphatic rings. The Morgan fingerprint density at radius 2 is 0.795 bits per heavy atom. The molecule has 14 rings (SSSR count). The van der Waals surface area contributed by atoms with Crippen LogP contribution in [0.3, 0.4) is 0 Å².